The fourth-order valence-corrected chi connectivity index (χ4v) is 4.25. The van der Waals surface area contributed by atoms with Crippen LogP contribution in [0.25, 0.3) is 5.57 Å². The van der Waals surface area contributed by atoms with Gasteiger partial charge in [-0.2, -0.15) is 5.10 Å². The van der Waals surface area contributed by atoms with Crippen LogP contribution < -0.4 is 15.1 Å². The number of phenolic OH excluding ortho intramolecular Hbond substituents is 1. The molecule has 2 N–H and O–H groups in total. The van der Waals surface area contributed by atoms with Gasteiger partial charge in [0.1, 0.15) is 11.5 Å². The van der Waals surface area contributed by atoms with E-state index in [-0.39, 0.29) is 11.3 Å². The molecular weight excluding hydrogens is 505 g/mol. The zero-order valence-electron chi connectivity index (χ0n) is 18.5. The average Bonchev–Trinajstić information content (AvgIpc) is 2.72. The quantitative estimate of drug-likeness (QED) is 0.305. The van der Waals surface area contributed by atoms with Gasteiger partial charge in [0.2, 0.25) is 0 Å². The van der Waals surface area contributed by atoms with E-state index < -0.39 is 5.91 Å². The first-order chi connectivity index (χ1) is 14.7. The Morgan fingerprint density at radius 3 is 2.71 bits per heavy atom. The molecule has 31 heavy (non-hydrogen) atoms. The minimum Gasteiger partial charge on any atom is -0.507 e. The molecule has 164 valence electrons. The molecule has 0 atom stereocenters. The summed E-state index contributed by atoms with van der Waals surface area (Å²) in [7, 11) is 1.63. The van der Waals surface area contributed by atoms with E-state index in [1.54, 1.807) is 25.5 Å². The lowest BCUT2D eigenvalue weighted by molar-refractivity contribution is 0.0954. The molecule has 6 nitrogen and oxygen atoms in total. The number of allylic oxidation sites excluding steroid dienone is 1. The van der Waals surface area contributed by atoms with Crippen molar-refractivity contribution in [3.05, 3.63) is 56.7 Å². The molecule has 0 radical (unpaired) electrons. The molecule has 1 aliphatic heterocycles. The Kier molecular flexibility index (Phi) is 6.93. The average molecular weight is 533 g/mol. The molecule has 1 amide bonds. The van der Waals surface area contributed by atoms with Crippen LogP contribution in [-0.4, -0.2) is 36.4 Å². The van der Waals surface area contributed by atoms with Crippen LogP contribution in [0.1, 0.15) is 55.6 Å². The van der Waals surface area contributed by atoms with Gasteiger partial charge in [0.05, 0.1) is 22.4 Å². The minimum absolute atomic E-state index is 0.0652. The predicted octanol–water partition coefficient (Wildman–Crippen LogP) is 5.18. The lowest BCUT2D eigenvalue weighted by atomic mass is 9.87. The Bertz CT molecular complexity index is 1060. The molecular formula is C24H28IN3O3. The van der Waals surface area contributed by atoms with Crippen LogP contribution in [-0.2, 0) is 0 Å². The number of carbonyl (C=O) groups is 1. The number of ether oxygens (including phenoxy) is 1. The van der Waals surface area contributed by atoms with Crippen LogP contribution in [0.4, 0.5) is 5.69 Å². The number of phenols is 1. The van der Waals surface area contributed by atoms with Crippen molar-refractivity contribution in [2.75, 3.05) is 18.6 Å². The van der Waals surface area contributed by atoms with E-state index >= 15 is 0 Å². The van der Waals surface area contributed by atoms with E-state index in [9.17, 15) is 9.90 Å². The van der Waals surface area contributed by atoms with Crippen molar-refractivity contribution in [1.82, 2.24) is 5.43 Å². The third kappa shape index (κ3) is 4.87. The topological polar surface area (TPSA) is 74.2 Å². The van der Waals surface area contributed by atoms with Gasteiger partial charge in [-0.05, 0) is 79.6 Å². The first kappa shape index (κ1) is 23.1. The zero-order valence-corrected chi connectivity index (χ0v) is 20.6. The van der Waals surface area contributed by atoms with Crippen LogP contribution in [0.2, 0.25) is 0 Å². The largest absolute Gasteiger partial charge is 0.507 e. The van der Waals surface area contributed by atoms with Gasteiger partial charge in [-0.3, -0.25) is 4.79 Å². The molecule has 3 rings (SSSR count). The number of benzene rings is 2. The molecule has 2 aromatic rings. The monoisotopic (exact) mass is 533 g/mol. The van der Waals surface area contributed by atoms with Crippen molar-refractivity contribution in [2.45, 2.75) is 39.7 Å². The van der Waals surface area contributed by atoms with Gasteiger partial charge in [-0.15, -0.1) is 0 Å². The number of hydrazone groups is 1. The Labute approximate surface area is 197 Å². The number of nitrogens with one attached hydrogen (secondary N) is 1. The van der Waals surface area contributed by atoms with Crippen molar-refractivity contribution in [1.29, 1.82) is 0 Å². The van der Waals surface area contributed by atoms with Gasteiger partial charge >= 0.3 is 0 Å². The fraction of sp³-hybridized carbons (Fsp3) is 0.333. The molecule has 1 aliphatic rings. The Morgan fingerprint density at radius 1 is 1.32 bits per heavy atom. The van der Waals surface area contributed by atoms with Crippen LogP contribution in [0, 0.1) is 3.57 Å². The third-order valence-corrected chi connectivity index (χ3v) is 6.27. The van der Waals surface area contributed by atoms with Crippen molar-refractivity contribution >= 4 is 46.0 Å². The van der Waals surface area contributed by atoms with Gasteiger partial charge in [0, 0.05) is 35.0 Å². The molecule has 1 heterocycles. The molecule has 0 aromatic heterocycles. The van der Waals surface area contributed by atoms with E-state index in [0.29, 0.717) is 14.9 Å². The number of anilines is 1. The number of hydrogen-bond donors (Lipinski definition) is 2. The summed E-state index contributed by atoms with van der Waals surface area (Å²) in [5, 5.41) is 13.9. The van der Waals surface area contributed by atoms with Gasteiger partial charge < -0.3 is 14.7 Å². The summed E-state index contributed by atoms with van der Waals surface area (Å²) < 4.78 is 6.31. The number of rotatable bonds is 6. The zero-order chi connectivity index (χ0) is 22.8. The van der Waals surface area contributed by atoms with Crippen molar-refractivity contribution in [2.24, 2.45) is 5.10 Å². The molecule has 0 saturated carbocycles. The van der Waals surface area contributed by atoms with E-state index in [1.165, 1.54) is 11.6 Å². The number of aromatic hydroxyl groups is 1. The summed E-state index contributed by atoms with van der Waals surface area (Å²) >= 11 is 2.00. The van der Waals surface area contributed by atoms with Crippen LogP contribution >= 0.6 is 22.6 Å². The number of nitrogens with zero attached hydrogens (tertiary/aromatic N) is 2. The van der Waals surface area contributed by atoms with E-state index in [2.05, 4.69) is 49.2 Å². The van der Waals surface area contributed by atoms with Gasteiger partial charge in [-0.25, -0.2) is 5.43 Å². The van der Waals surface area contributed by atoms with Crippen LogP contribution in [0.15, 0.2) is 41.5 Å². The summed E-state index contributed by atoms with van der Waals surface area (Å²) in [4.78, 5) is 14.7. The number of carbonyl (C=O) groups excluding carboxylic acids is 1. The van der Waals surface area contributed by atoms with Gasteiger partial charge in [0.15, 0.2) is 0 Å². The number of amides is 1. The minimum atomic E-state index is -0.396. The van der Waals surface area contributed by atoms with E-state index in [1.807, 2.05) is 34.7 Å². The lowest BCUT2D eigenvalue weighted by Gasteiger charge is -2.43. The number of hydrogen-bond acceptors (Lipinski definition) is 5. The first-order valence-corrected chi connectivity index (χ1v) is 11.3. The molecule has 0 bridgehead atoms. The first-order valence-electron chi connectivity index (χ1n) is 10.2. The second kappa shape index (κ2) is 9.30. The SMILES string of the molecule is CCCN1c2cc(OC)c(/C=N\NC(=O)c3ccc(I)c(O)c3)cc2C(C)=CC1(C)C. The third-order valence-electron chi connectivity index (χ3n) is 5.35. The highest BCUT2D eigenvalue weighted by atomic mass is 127. The standard InChI is InChI=1S/C24H28IN3O3/c1-6-9-28-20-12-22(31-5)17(10-18(20)15(2)13-24(28,3)4)14-26-27-23(30)16-7-8-19(25)21(29)11-16/h7-8,10-14,29H,6,9H2,1-5H3,(H,27,30)/b26-14-. The second-order valence-electron chi connectivity index (χ2n) is 8.11. The molecule has 0 unspecified atom stereocenters. The molecule has 0 spiro atoms. The Morgan fingerprint density at radius 2 is 2.06 bits per heavy atom. The van der Waals surface area contributed by atoms with Gasteiger partial charge in [-0.1, -0.05) is 13.0 Å². The summed E-state index contributed by atoms with van der Waals surface area (Å²) in [6.45, 7) is 9.67. The van der Waals surface area contributed by atoms with E-state index in [4.69, 9.17) is 4.74 Å². The number of fused-ring (bicyclic) bond motifs is 1. The highest BCUT2D eigenvalue weighted by Gasteiger charge is 2.31. The highest BCUT2D eigenvalue weighted by Crippen LogP contribution is 2.41. The summed E-state index contributed by atoms with van der Waals surface area (Å²) in [6.07, 6.45) is 4.91. The van der Waals surface area contributed by atoms with Crippen LogP contribution in [0.3, 0.4) is 0 Å². The van der Waals surface area contributed by atoms with Crippen molar-refractivity contribution < 1.29 is 14.6 Å². The van der Waals surface area contributed by atoms with Crippen LogP contribution in [0.5, 0.6) is 11.5 Å². The number of methoxy groups -OCH3 is 1. The Balaban J connectivity index is 1.89. The summed E-state index contributed by atoms with van der Waals surface area (Å²) in [5.74, 6) is 0.359. The summed E-state index contributed by atoms with van der Waals surface area (Å²) in [6, 6.07) is 8.84. The molecule has 0 fully saturated rings. The molecule has 0 aliphatic carbocycles. The normalized spacial score (nSPS) is 14.9. The maximum absolute atomic E-state index is 12.3. The molecule has 7 heteroatoms. The smallest absolute Gasteiger partial charge is 0.271 e. The maximum atomic E-state index is 12.3. The summed E-state index contributed by atoms with van der Waals surface area (Å²) in [5.41, 5.74) is 7.01. The van der Waals surface area contributed by atoms with Crippen molar-refractivity contribution in [3.63, 3.8) is 0 Å². The predicted molar refractivity (Wildman–Crippen MR) is 134 cm³/mol. The second-order valence-corrected chi connectivity index (χ2v) is 9.27. The molecule has 2 aromatic carbocycles. The van der Waals surface area contributed by atoms with E-state index in [0.717, 1.165) is 29.8 Å². The van der Waals surface area contributed by atoms with Gasteiger partial charge in [0.25, 0.3) is 5.91 Å². The van der Waals surface area contributed by atoms with Crippen molar-refractivity contribution in [3.8, 4) is 11.5 Å². The lowest BCUT2D eigenvalue weighted by Crippen LogP contribution is -2.45. The number of halogens is 1. The Hall–Kier alpha value is -2.55. The maximum Gasteiger partial charge on any atom is 0.271 e. The molecule has 0 saturated heterocycles. The highest BCUT2D eigenvalue weighted by molar-refractivity contribution is 14.1. The fourth-order valence-electron chi connectivity index (χ4n) is 3.91.